The third-order valence-electron chi connectivity index (χ3n) is 2.19. The standard InChI is InChI=1S/C10H8F3N/c11-10(12,13)8-4-3-7-2-1-5-14-9(7)6-8/h3-6H,1-2H2. The molecular formula is C10H8F3N. The van der Waals surface area contributed by atoms with Crippen molar-refractivity contribution in [2.75, 3.05) is 0 Å². The predicted octanol–water partition coefficient (Wildman–Crippen LogP) is 3.35. The van der Waals surface area contributed by atoms with Crippen LogP contribution in [0.1, 0.15) is 17.5 Å². The van der Waals surface area contributed by atoms with Crippen molar-refractivity contribution in [3.8, 4) is 0 Å². The molecule has 1 aromatic rings. The Hall–Kier alpha value is -1.32. The van der Waals surface area contributed by atoms with E-state index in [4.69, 9.17) is 0 Å². The average molecular weight is 199 g/mol. The Morgan fingerprint density at radius 2 is 2.00 bits per heavy atom. The van der Waals surface area contributed by atoms with Gasteiger partial charge in [0.2, 0.25) is 0 Å². The number of benzene rings is 1. The van der Waals surface area contributed by atoms with E-state index in [9.17, 15) is 13.2 Å². The van der Waals surface area contributed by atoms with E-state index in [0.29, 0.717) is 5.69 Å². The van der Waals surface area contributed by atoms with Gasteiger partial charge in [-0.3, -0.25) is 4.99 Å². The molecule has 0 unspecified atom stereocenters. The van der Waals surface area contributed by atoms with Gasteiger partial charge in [0.25, 0.3) is 0 Å². The summed E-state index contributed by atoms with van der Waals surface area (Å²) in [5.74, 6) is 0. The topological polar surface area (TPSA) is 12.4 Å². The van der Waals surface area contributed by atoms with Crippen LogP contribution in [0.5, 0.6) is 0 Å². The monoisotopic (exact) mass is 199 g/mol. The molecule has 0 N–H and O–H groups in total. The lowest BCUT2D eigenvalue weighted by atomic mass is 10.0. The molecule has 1 heterocycles. The molecule has 1 aromatic carbocycles. The van der Waals surface area contributed by atoms with Gasteiger partial charge in [-0.2, -0.15) is 13.2 Å². The smallest absolute Gasteiger partial charge is 0.261 e. The van der Waals surface area contributed by atoms with E-state index >= 15 is 0 Å². The van der Waals surface area contributed by atoms with Crippen LogP contribution in [0.3, 0.4) is 0 Å². The molecule has 0 amide bonds. The number of hydrogen-bond donors (Lipinski definition) is 0. The second-order valence-corrected chi connectivity index (χ2v) is 3.19. The SMILES string of the molecule is FC(F)(F)c1ccc2c(c1)N=CCC2. The molecule has 0 radical (unpaired) electrons. The highest BCUT2D eigenvalue weighted by Gasteiger charge is 2.31. The van der Waals surface area contributed by atoms with Gasteiger partial charge >= 0.3 is 6.18 Å². The molecule has 74 valence electrons. The Morgan fingerprint density at radius 1 is 1.21 bits per heavy atom. The lowest BCUT2D eigenvalue weighted by molar-refractivity contribution is -0.137. The summed E-state index contributed by atoms with van der Waals surface area (Å²) < 4.78 is 36.9. The highest BCUT2D eigenvalue weighted by atomic mass is 19.4. The minimum absolute atomic E-state index is 0.450. The summed E-state index contributed by atoms with van der Waals surface area (Å²) in [5.41, 5.74) is 0.710. The molecule has 0 saturated heterocycles. The second kappa shape index (κ2) is 3.12. The zero-order valence-electron chi connectivity index (χ0n) is 7.30. The summed E-state index contributed by atoms with van der Waals surface area (Å²) >= 11 is 0. The molecule has 0 bridgehead atoms. The zero-order chi connectivity index (χ0) is 10.2. The lowest BCUT2D eigenvalue weighted by Crippen LogP contribution is -2.05. The Balaban J connectivity index is 2.45. The first kappa shape index (κ1) is 9.24. The molecule has 0 atom stereocenters. The molecule has 0 spiro atoms. The first-order valence-electron chi connectivity index (χ1n) is 4.30. The van der Waals surface area contributed by atoms with Gasteiger partial charge in [-0.05, 0) is 30.5 Å². The fourth-order valence-corrected chi connectivity index (χ4v) is 1.45. The molecule has 1 nitrogen and oxygen atoms in total. The summed E-state index contributed by atoms with van der Waals surface area (Å²) in [4.78, 5) is 3.94. The second-order valence-electron chi connectivity index (χ2n) is 3.19. The number of halogens is 3. The van der Waals surface area contributed by atoms with Crippen LogP contribution in [-0.2, 0) is 12.6 Å². The van der Waals surface area contributed by atoms with E-state index in [2.05, 4.69) is 4.99 Å². The van der Waals surface area contributed by atoms with Crippen molar-refractivity contribution >= 4 is 11.9 Å². The van der Waals surface area contributed by atoms with E-state index in [0.717, 1.165) is 30.5 Å². The number of alkyl halides is 3. The Morgan fingerprint density at radius 3 is 2.71 bits per heavy atom. The molecule has 0 fully saturated rings. The van der Waals surface area contributed by atoms with Crippen molar-refractivity contribution in [1.82, 2.24) is 0 Å². The third kappa shape index (κ3) is 1.64. The molecule has 1 aliphatic heterocycles. The van der Waals surface area contributed by atoms with E-state index in [1.54, 1.807) is 6.21 Å². The minimum Gasteiger partial charge on any atom is -0.261 e. The van der Waals surface area contributed by atoms with Crippen molar-refractivity contribution in [2.24, 2.45) is 4.99 Å². The minimum atomic E-state index is -4.28. The maximum absolute atomic E-state index is 12.3. The fourth-order valence-electron chi connectivity index (χ4n) is 1.45. The van der Waals surface area contributed by atoms with Gasteiger partial charge in [-0.1, -0.05) is 6.07 Å². The normalized spacial score (nSPS) is 15.4. The summed E-state index contributed by atoms with van der Waals surface area (Å²) in [5, 5.41) is 0. The van der Waals surface area contributed by atoms with Gasteiger partial charge in [-0.25, -0.2) is 0 Å². The maximum Gasteiger partial charge on any atom is 0.416 e. The predicted molar refractivity (Wildman–Crippen MR) is 47.9 cm³/mol. The number of fused-ring (bicyclic) bond motifs is 1. The van der Waals surface area contributed by atoms with Crippen LogP contribution < -0.4 is 0 Å². The van der Waals surface area contributed by atoms with Crippen molar-refractivity contribution in [1.29, 1.82) is 0 Å². The van der Waals surface area contributed by atoms with Crippen molar-refractivity contribution in [3.05, 3.63) is 29.3 Å². The summed E-state index contributed by atoms with van der Waals surface area (Å²) in [6, 6.07) is 3.72. The molecular weight excluding hydrogens is 191 g/mol. The zero-order valence-corrected chi connectivity index (χ0v) is 7.30. The van der Waals surface area contributed by atoms with E-state index in [1.165, 1.54) is 6.07 Å². The van der Waals surface area contributed by atoms with Gasteiger partial charge in [0, 0.05) is 6.21 Å². The van der Waals surface area contributed by atoms with Crippen LogP contribution >= 0.6 is 0 Å². The van der Waals surface area contributed by atoms with Gasteiger partial charge in [0.15, 0.2) is 0 Å². The molecule has 0 saturated carbocycles. The fraction of sp³-hybridized carbons (Fsp3) is 0.300. The number of nitrogens with zero attached hydrogens (tertiary/aromatic N) is 1. The quantitative estimate of drug-likeness (QED) is 0.607. The number of rotatable bonds is 0. The number of aliphatic imine (C=N–C) groups is 1. The lowest BCUT2D eigenvalue weighted by Gasteiger charge is -2.12. The van der Waals surface area contributed by atoms with Crippen molar-refractivity contribution in [2.45, 2.75) is 19.0 Å². The number of aryl methyl sites for hydroxylation is 1. The average Bonchev–Trinajstić information content (AvgIpc) is 2.16. The van der Waals surface area contributed by atoms with Crippen LogP contribution in [0.2, 0.25) is 0 Å². The first-order chi connectivity index (χ1) is 6.57. The van der Waals surface area contributed by atoms with Crippen LogP contribution in [-0.4, -0.2) is 6.21 Å². The summed E-state index contributed by atoms with van der Waals surface area (Å²) in [7, 11) is 0. The molecule has 2 rings (SSSR count). The molecule has 4 heteroatoms. The van der Waals surface area contributed by atoms with Crippen LogP contribution in [0.25, 0.3) is 0 Å². The van der Waals surface area contributed by atoms with Crippen LogP contribution in [0, 0.1) is 0 Å². The van der Waals surface area contributed by atoms with Gasteiger partial charge in [-0.15, -0.1) is 0 Å². The molecule has 14 heavy (non-hydrogen) atoms. The van der Waals surface area contributed by atoms with Crippen molar-refractivity contribution in [3.63, 3.8) is 0 Å². The van der Waals surface area contributed by atoms with Crippen LogP contribution in [0.4, 0.5) is 18.9 Å². The van der Waals surface area contributed by atoms with Crippen molar-refractivity contribution < 1.29 is 13.2 Å². The van der Waals surface area contributed by atoms with Gasteiger partial charge in [0.05, 0.1) is 11.3 Å². The van der Waals surface area contributed by atoms with Crippen LogP contribution in [0.15, 0.2) is 23.2 Å². The molecule has 0 aliphatic carbocycles. The summed E-state index contributed by atoms with van der Waals surface area (Å²) in [6.07, 6.45) is -1.04. The van der Waals surface area contributed by atoms with Gasteiger partial charge in [0.1, 0.15) is 0 Å². The first-order valence-corrected chi connectivity index (χ1v) is 4.30. The Kier molecular flexibility index (Phi) is 2.06. The van der Waals surface area contributed by atoms with Gasteiger partial charge < -0.3 is 0 Å². The Bertz CT molecular complexity index is 379. The van der Waals surface area contributed by atoms with E-state index < -0.39 is 11.7 Å². The third-order valence-corrected chi connectivity index (χ3v) is 2.19. The molecule has 0 aromatic heterocycles. The van der Waals surface area contributed by atoms with E-state index in [1.807, 2.05) is 0 Å². The summed E-state index contributed by atoms with van der Waals surface area (Å²) in [6.45, 7) is 0. The number of hydrogen-bond acceptors (Lipinski definition) is 1. The highest BCUT2D eigenvalue weighted by molar-refractivity contribution is 5.69. The highest BCUT2D eigenvalue weighted by Crippen LogP contribution is 2.34. The molecule has 1 aliphatic rings. The largest absolute Gasteiger partial charge is 0.416 e. The Labute approximate surface area is 79.3 Å². The maximum atomic E-state index is 12.3. The van der Waals surface area contributed by atoms with E-state index in [-0.39, 0.29) is 0 Å².